The van der Waals surface area contributed by atoms with Crippen LogP contribution in [0.1, 0.15) is 38.7 Å². The van der Waals surface area contributed by atoms with Gasteiger partial charge in [-0.15, -0.1) is 0 Å². The van der Waals surface area contributed by atoms with Crippen LogP contribution in [0.2, 0.25) is 0 Å². The normalized spacial score (nSPS) is 13.7. The topological polar surface area (TPSA) is 78.8 Å². The average molecular weight is 295 g/mol. The van der Waals surface area contributed by atoms with Gasteiger partial charge in [0.1, 0.15) is 11.3 Å². The first-order valence-corrected chi connectivity index (χ1v) is 7.33. The fraction of sp³-hybridized carbons (Fsp3) is 0.562. The molecule has 1 rings (SSSR count). The van der Waals surface area contributed by atoms with Crippen molar-refractivity contribution in [1.82, 2.24) is 5.32 Å². The van der Waals surface area contributed by atoms with E-state index in [0.717, 1.165) is 24.2 Å². The van der Waals surface area contributed by atoms with Crippen molar-refractivity contribution in [3.63, 3.8) is 0 Å². The zero-order valence-corrected chi connectivity index (χ0v) is 12.8. The number of nitrogens with one attached hydrogen (secondary N) is 1. The number of aliphatic carboxylic acids is 1. The second-order valence-electron chi connectivity index (χ2n) is 5.28. The maximum absolute atomic E-state index is 11.2. The minimum absolute atomic E-state index is 0.0263. The Morgan fingerprint density at radius 2 is 1.95 bits per heavy atom. The van der Waals surface area contributed by atoms with E-state index in [1.54, 1.807) is 6.92 Å². The second-order valence-corrected chi connectivity index (χ2v) is 5.28. The van der Waals surface area contributed by atoms with Gasteiger partial charge < -0.3 is 20.3 Å². The van der Waals surface area contributed by atoms with Crippen molar-refractivity contribution in [2.45, 2.75) is 45.3 Å². The number of aliphatic hydroxyl groups is 1. The molecule has 0 saturated heterocycles. The highest BCUT2D eigenvalue weighted by molar-refractivity contribution is 5.78. The summed E-state index contributed by atoms with van der Waals surface area (Å²) in [6, 6.07) is 7.29. The molecule has 0 bridgehead atoms. The van der Waals surface area contributed by atoms with E-state index >= 15 is 0 Å². The highest BCUT2D eigenvalue weighted by Crippen LogP contribution is 2.16. The van der Waals surface area contributed by atoms with E-state index in [2.05, 4.69) is 5.32 Å². The summed E-state index contributed by atoms with van der Waals surface area (Å²) in [6.07, 6.45) is 2.16. The predicted octanol–water partition coefficient (Wildman–Crippen LogP) is 2.18. The van der Waals surface area contributed by atoms with E-state index in [0.29, 0.717) is 19.6 Å². The zero-order valence-electron chi connectivity index (χ0n) is 12.8. The SMILES string of the molecule is CCNC(C)(CCCCOc1ccc(CO)cc1)C(=O)O. The van der Waals surface area contributed by atoms with Gasteiger partial charge in [0, 0.05) is 0 Å². The summed E-state index contributed by atoms with van der Waals surface area (Å²) in [5, 5.41) is 21.2. The molecule has 5 heteroatoms. The Kier molecular flexibility index (Phi) is 7.19. The molecule has 118 valence electrons. The fourth-order valence-electron chi connectivity index (χ4n) is 2.12. The van der Waals surface area contributed by atoms with Gasteiger partial charge in [-0.25, -0.2) is 0 Å². The number of carboxylic acid groups (broad SMARTS) is 1. The molecule has 0 aliphatic heterocycles. The molecule has 1 unspecified atom stereocenters. The van der Waals surface area contributed by atoms with Gasteiger partial charge in [0.15, 0.2) is 0 Å². The van der Waals surface area contributed by atoms with Gasteiger partial charge in [0.25, 0.3) is 0 Å². The summed E-state index contributed by atoms with van der Waals surface area (Å²) in [7, 11) is 0. The average Bonchev–Trinajstić information content (AvgIpc) is 2.47. The summed E-state index contributed by atoms with van der Waals surface area (Å²) in [5.74, 6) is -0.0512. The Bertz CT molecular complexity index is 432. The van der Waals surface area contributed by atoms with Crippen molar-refractivity contribution in [2.75, 3.05) is 13.2 Å². The maximum atomic E-state index is 11.2. The summed E-state index contributed by atoms with van der Waals surface area (Å²) in [4.78, 5) is 11.2. The Morgan fingerprint density at radius 1 is 1.29 bits per heavy atom. The second kappa shape index (κ2) is 8.64. The number of unbranched alkanes of at least 4 members (excludes halogenated alkanes) is 1. The van der Waals surface area contributed by atoms with Crippen LogP contribution in [0.25, 0.3) is 0 Å². The summed E-state index contributed by atoms with van der Waals surface area (Å²) < 4.78 is 5.59. The smallest absolute Gasteiger partial charge is 0.323 e. The van der Waals surface area contributed by atoms with Crippen molar-refractivity contribution >= 4 is 5.97 Å². The molecule has 21 heavy (non-hydrogen) atoms. The molecular formula is C16H25NO4. The molecule has 0 aliphatic rings. The van der Waals surface area contributed by atoms with E-state index < -0.39 is 11.5 Å². The molecule has 3 N–H and O–H groups in total. The Morgan fingerprint density at radius 3 is 2.48 bits per heavy atom. The van der Waals surface area contributed by atoms with Gasteiger partial charge in [-0.3, -0.25) is 4.79 Å². The van der Waals surface area contributed by atoms with Crippen LogP contribution in [-0.4, -0.2) is 34.9 Å². The Labute approximate surface area is 125 Å². The maximum Gasteiger partial charge on any atom is 0.323 e. The van der Waals surface area contributed by atoms with Crippen LogP contribution in [0, 0.1) is 0 Å². The van der Waals surface area contributed by atoms with E-state index in [1.165, 1.54) is 0 Å². The van der Waals surface area contributed by atoms with Crippen LogP contribution in [0.5, 0.6) is 5.75 Å². The summed E-state index contributed by atoms with van der Waals surface area (Å²) in [5.41, 5.74) is -0.0115. The lowest BCUT2D eigenvalue weighted by atomic mass is 9.95. The molecule has 0 amide bonds. The number of carbonyl (C=O) groups is 1. The summed E-state index contributed by atoms with van der Waals surface area (Å²) in [6.45, 7) is 4.84. The highest BCUT2D eigenvalue weighted by Gasteiger charge is 2.30. The Hall–Kier alpha value is -1.59. The number of hydrogen-bond acceptors (Lipinski definition) is 4. The first-order chi connectivity index (χ1) is 10.0. The molecule has 5 nitrogen and oxygen atoms in total. The third-order valence-corrected chi connectivity index (χ3v) is 3.48. The molecule has 0 spiro atoms. The van der Waals surface area contributed by atoms with E-state index in [4.69, 9.17) is 9.84 Å². The van der Waals surface area contributed by atoms with E-state index in [9.17, 15) is 9.90 Å². The van der Waals surface area contributed by atoms with Gasteiger partial charge in [-0.1, -0.05) is 19.1 Å². The molecule has 0 fully saturated rings. The molecular weight excluding hydrogens is 270 g/mol. The molecule has 1 aromatic rings. The number of aliphatic hydroxyl groups excluding tert-OH is 1. The third-order valence-electron chi connectivity index (χ3n) is 3.48. The van der Waals surface area contributed by atoms with Crippen molar-refractivity contribution < 1.29 is 19.7 Å². The van der Waals surface area contributed by atoms with Crippen molar-refractivity contribution in [1.29, 1.82) is 0 Å². The molecule has 0 aromatic heterocycles. The molecule has 0 saturated carbocycles. The van der Waals surface area contributed by atoms with Crippen LogP contribution >= 0.6 is 0 Å². The number of likely N-dealkylation sites (N-methyl/N-ethyl adjacent to an activating group) is 1. The van der Waals surface area contributed by atoms with Gasteiger partial charge in [-0.2, -0.15) is 0 Å². The number of ether oxygens (including phenoxy) is 1. The first-order valence-electron chi connectivity index (χ1n) is 7.33. The molecule has 1 aromatic carbocycles. The minimum Gasteiger partial charge on any atom is -0.494 e. The highest BCUT2D eigenvalue weighted by atomic mass is 16.5. The van der Waals surface area contributed by atoms with Gasteiger partial charge in [-0.05, 0) is 50.4 Å². The number of benzene rings is 1. The van der Waals surface area contributed by atoms with Gasteiger partial charge in [0.05, 0.1) is 13.2 Å². The lowest BCUT2D eigenvalue weighted by Gasteiger charge is -2.25. The molecule has 0 heterocycles. The predicted molar refractivity (Wildman–Crippen MR) is 81.4 cm³/mol. The van der Waals surface area contributed by atoms with Crippen LogP contribution in [0.3, 0.4) is 0 Å². The van der Waals surface area contributed by atoms with E-state index in [1.807, 2.05) is 31.2 Å². The molecule has 0 radical (unpaired) electrons. The quantitative estimate of drug-likeness (QED) is 0.577. The van der Waals surface area contributed by atoms with Crippen molar-refractivity contribution in [3.05, 3.63) is 29.8 Å². The summed E-state index contributed by atoms with van der Waals surface area (Å²) >= 11 is 0. The van der Waals surface area contributed by atoms with Crippen LogP contribution in [0.15, 0.2) is 24.3 Å². The monoisotopic (exact) mass is 295 g/mol. The van der Waals surface area contributed by atoms with Gasteiger partial charge in [0.2, 0.25) is 0 Å². The number of hydrogen-bond donors (Lipinski definition) is 3. The van der Waals surface area contributed by atoms with Crippen LogP contribution in [0.4, 0.5) is 0 Å². The van der Waals surface area contributed by atoms with Gasteiger partial charge >= 0.3 is 5.97 Å². The Balaban J connectivity index is 2.28. The number of carboxylic acids is 1. The van der Waals surface area contributed by atoms with Crippen molar-refractivity contribution in [3.8, 4) is 5.75 Å². The lowest BCUT2D eigenvalue weighted by Crippen LogP contribution is -2.49. The third kappa shape index (κ3) is 5.73. The fourth-order valence-corrected chi connectivity index (χ4v) is 2.12. The molecule has 0 aliphatic carbocycles. The zero-order chi connectivity index (χ0) is 15.7. The lowest BCUT2D eigenvalue weighted by molar-refractivity contribution is -0.144. The van der Waals surface area contributed by atoms with Crippen molar-refractivity contribution in [2.24, 2.45) is 0 Å². The molecule has 1 atom stereocenters. The van der Waals surface area contributed by atoms with Crippen LogP contribution < -0.4 is 10.1 Å². The first kappa shape index (κ1) is 17.5. The standard InChI is InChI=1S/C16H25NO4/c1-3-17-16(2,15(19)20)10-4-5-11-21-14-8-6-13(12-18)7-9-14/h6-9,17-18H,3-5,10-12H2,1-2H3,(H,19,20). The minimum atomic E-state index is -0.864. The largest absolute Gasteiger partial charge is 0.494 e. The van der Waals surface area contributed by atoms with E-state index in [-0.39, 0.29) is 6.61 Å². The van der Waals surface area contributed by atoms with Crippen LogP contribution in [-0.2, 0) is 11.4 Å². The number of rotatable bonds is 10.